The Morgan fingerprint density at radius 1 is 1.23 bits per heavy atom. The van der Waals surface area contributed by atoms with E-state index < -0.39 is 0 Å². The van der Waals surface area contributed by atoms with Crippen LogP contribution in [0.5, 0.6) is 0 Å². The smallest absolute Gasteiger partial charge is 0.239 e. The number of oxazole rings is 1. The molecule has 4 nitrogen and oxygen atoms in total. The van der Waals surface area contributed by atoms with Crippen LogP contribution in [0, 0.1) is 13.8 Å². The zero-order valence-electron chi connectivity index (χ0n) is 12.3. The Hall–Kier alpha value is -2.33. The molecule has 1 N–H and O–H groups in total. The van der Waals surface area contributed by atoms with Crippen molar-refractivity contribution in [1.82, 2.24) is 4.98 Å². The molecule has 3 aromatic rings. The zero-order valence-corrected chi connectivity index (χ0v) is 13.1. The number of rotatable bonds is 3. The van der Waals surface area contributed by atoms with Crippen molar-refractivity contribution < 1.29 is 9.21 Å². The first kappa shape index (κ1) is 14.6. The summed E-state index contributed by atoms with van der Waals surface area (Å²) >= 11 is 5.51. The van der Waals surface area contributed by atoms with Crippen molar-refractivity contribution in [2.75, 3.05) is 11.2 Å². The number of carbonyl (C=O) groups excluding carboxylic acids is 1. The van der Waals surface area contributed by atoms with Crippen LogP contribution in [0.4, 0.5) is 5.69 Å². The molecule has 1 amide bonds. The quantitative estimate of drug-likeness (QED) is 0.734. The van der Waals surface area contributed by atoms with Crippen LogP contribution in [0.1, 0.15) is 11.1 Å². The molecule has 0 radical (unpaired) electrons. The average molecular weight is 315 g/mol. The number of hydrogen-bond donors (Lipinski definition) is 1. The van der Waals surface area contributed by atoms with E-state index >= 15 is 0 Å². The maximum absolute atomic E-state index is 11.4. The van der Waals surface area contributed by atoms with Gasteiger partial charge in [-0.15, -0.1) is 11.6 Å². The molecular formula is C17H15ClN2O2. The van der Waals surface area contributed by atoms with Gasteiger partial charge in [-0.25, -0.2) is 4.98 Å². The number of aryl methyl sites for hydroxylation is 2. The number of nitrogens with one attached hydrogen (secondary N) is 1. The highest BCUT2D eigenvalue weighted by atomic mass is 35.5. The summed E-state index contributed by atoms with van der Waals surface area (Å²) in [5.41, 5.74) is 5.11. The van der Waals surface area contributed by atoms with Gasteiger partial charge in [-0.2, -0.15) is 0 Å². The molecule has 0 aliphatic rings. The number of aromatic nitrogens is 1. The van der Waals surface area contributed by atoms with Gasteiger partial charge in [0.1, 0.15) is 11.4 Å². The molecule has 0 unspecified atom stereocenters. The first-order valence-corrected chi connectivity index (χ1v) is 7.44. The van der Waals surface area contributed by atoms with Crippen molar-refractivity contribution in [1.29, 1.82) is 0 Å². The molecule has 0 saturated heterocycles. The fourth-order valence-corrected chi connectivity index (χ4v) is 2.35. The molecule has 112 valence electrons. The molecule has 0 aliphatic carbocycles. The van der Waals surface area contributed by atoms with Gasteiger partial charge in [0, 0.05) is 11.3 Å². The van der Waals surface area contributed by atoms with Crippen molar-refractivity contribution >= 4 is 34.3 Å². The van der Waals surface area contributed by atoms with Crippen molar-refractivity contribution in [3.05, 3.63) is 47.5 Å². The van der Waals surface area contributed by atoms with Gasteiger partial charge >= 0.3 is 0 Å². The Morgan fingerprint density at radius 3 is 2.64 bits per heavy atom. The molecule has 2 aromatic carbocycles. The normalized spacial score (nSPS) is 10.9. The van der Waals surface area contributed by atoms with E-state index in [0.29, 0.717) is 17.1 Å². The summed E-state index contributed by atoms with van der Waals surface area (Å²) in [6.07, 6.45) is 0. The second kappa shape index (κ2) is 5.81. The van der Waals surface area contributed by atoms with Crippen molar-refractivity contribution in [3.8, 4) is 11.5 Å². The molecule has 0 saturated carbocycles. The van der Waals surface area contributed by atoms with Crippen molar-refractivity contribution in [3.63, 3.8) is 0 Å². The Bertz CT molecular complexity index is 838. The fraction of sp³-hybridized carbons (Fsp3) is 0.176. The number of halogens is 1. The number of nitrogens with zero attached hydrogens (tertiary/aromatic N) is 1. The summed E-state index contributed by atoms with van der Waals surface area (Å²) in [5, 5.41) is 2.73. The molecular weight excluding hydrogens is 300 g/mol. The summed E-state index contributed by atoms with van der Waals surface area (Å²) in [6.45, 7) is 3.95. The van der Waals surface area contributed by atoms with Crippen LogP contribution in [0.15, 0.2) is 40.8 Å². The van der Waals surface area contributed by atoms with Crippen molar-refractivity contribution in [2.24, 2.45) is 0 Å². The van der Waals surface area contributed by atoms with Crippen LogP contribution in [0.3, 0.4) is 0 Å². The first-order chi connectivity index (χ1) is 10.6. The van der Waals surface area contributed by atoms with Gasteiger partial charge in [0.25, 0.3) is 0 Å². The average Bonchev–Trinajstić information content (AvgIpc) is 2.92. The lowest BCUT2D eigenvalue weighted by Gasteiger charge is -2.03. The summed E-state index contributed by atoms with van der Waals surface area (Å²) < 4.78 is 5.86. The molecule has 0 spiro atoms. The summed E-state index contributed by atoms with van der Waals surface area (Å²) in [6, 6.07) is 11.6. The van der Waals surface area contributed by atoms with E-state index in [1.54, 1.807) is 6.07 Å². The van der Waals surface area contributed by atoms with E-state index in [4.69, 9.17) is 16.0 Å². The Morgan fingerprint density at radius 2 is 1.95 bits per heavy atom. The van der Waals surface area contributed by atoms with Gasteiger partial charge < -0.3 is 9.73 Å². The highest BCUT2D eigenvalue weighted by Gasteiger charge is 2.12. The number of carbonyl (C=O) groups is 1. The molecule has 1 aromatic heterocycles. The molecule has 0 aliphatic heterocycles. The molecule has 0 bridgehead atoms. The molecule has 22 heavy (non-hydrogen) atoms. The number of amides is 1. The van der Waals surface area contributed by atoms with E-state index in [0.717, 1.165) is 16.7 Å². The maximum Gasteiger partial charge on any atom is 0.239 e. The van der Waals surface area contributed by atoms with E-state index in [1.165, 1.54) is 5.56 Å². The third-order valence-corrected chi connectivity index (χ3v) is 3.62. The van der Waals surface area contributed by atoms with Crippen molar-refractivity contribution in [2.45, 2.75) is 13.8 Å². The lowest BCUT2D eigenvalue weighted by Crippen LogP contribution is -2.12. The molecule has 3 rings (SSSR count). The van der Waals surface area contributed by atoms with E-state index in [9.17, 15) is 4.79 Å². The van der Waals surface area contributed by atoms with Gasteiger partial charge in [-0.05, 0) is 43.7 Å². The minimum absolute atomic E-state index is 0.0789. The molecule has 1 heterocycles. The van der Waals surface area contributed by atoms with Crippen LogP contribution in [0.2, 0.25) is 0 Å². The molecule has 0 atom stereocenters. The SMILES string of the molecule is Cc1ccc(-c2nc3cc(NC(=O)CCl)cc(C)c3o2)cc1. The second-order valence-electron chi connectivity index (χ2n) is 5.21. The monoisotopic (exact) mass is 314 g/mol. The third-order valence-electron chi connectivity index (χ3n) is 3.38. The highest BCUT2D eigenvalue weighted by molar-refractivity contribution is 6.29. The minimum Gasteiger partial charge on any atom is -0.436 e. The number of anilines is 1. The Balaban J connectivity index is 2.03. The molecule has 5 heteroatoms. The van der Waals surface area contributed by atoms with Gasteiger partial charge in [0.15, 0.2) is 5.58 Å². The predicted octanol–water partition coefficient (Wildman–Crippen LogP) is 4.29. The summed E-state index contributed by atoms with van der Waals surface area (Å²) in [5.74, 6) is 0.242. The summed E-state index contributed by atoms with van der Waals surface area (Å²) in [4.78, 5) is 15.9. The van der Waals surface area contributed by atoms with Crippen LogP contribution in [-0.4, -0.2) is 16.8 Å². The standard InChI is InChI=1S/C17H15ClN2O2/c1-10-3-5-12(6-4-10)17-20-14-8-13(19-15(21)9-18)7-11(2)16(14)22-17/h3-8H,9H2,1-2H3,(H,19,21). The lowest BCUT2D eigenvalue weighted by atomic mass is 10.1. The lowest BCUT2D eigenvalue weighted by molar-refractivity contribution is -0.113. The van der Waals surface area contributed by atoms with Gasteiger partial charge in [0.05, 0.1) is 0 Å². The third kappa shape index (κ3) is 2.83. The minimum atomic E-state index is -0.248. The number of benzene rings is 2. The van der Waals surface area contributed by atoms with Gasteiger partial charge in [0.2, 0.25) is 11.8 Å². The Labute approximate surface area is 133 Å². The number of hydrogen-bond acceptors (Lipinski definition) is 3. The molecule has 0 fully saturated rings. The van der Waals surface area contributed by atoms with Crippen LogP contribution in [-0.2, 0) is 4.79 Å². The maximum atomic E-state index is 11.4. The van der Waals surface area contributed by atoms with E-state index in [2.05, 4.69) is 10.3 Å². The van der Waals surface area contributed by atoms with Crippen LogP contribution in [0.25, 0.3) is 22.6 Å². The van der Waals surface area contributed by atoms with E-state index in [-0.39, 0.29) is 11.8 Å². The van der Waals surface area contributed by atoms with Gasteiger partial charge in [-0.1, -0.05) is 17.7 Å². The Kier molecular flexibility index (Phi) is 3.86. The predicted molar refractivity (Wildman–Crippen MR) is 88.3 cm³/mol. The zero-order chi connectivity index (χ0) is 15.7. The second-order valence-corrected chi connectivity index (χ2v) is 5.48. The topological polar surface area (TPSA) is 55.1 Å². The van der Waals surface area contributed by atoms with Gasteiger partial charge in [-0.3, -0.25) is 4.79 Å². The van der Waals surface area contributed by atoms with Crippen LogP contribution < -0.4 is 5.32 Å². The largest absolute Gasteiger partial charge is 0.436 e. The number of fused-ring (bicyclic) bond motifs is 1. The number of alkyl halides is 1. The highest BCUT2D eigenvalue weighted by Crippen LogP contribution is 2.29. The van der Waals surface area contributed by atoms with Crippen LogP contribution >= 0.6 is 11.6 Å². The first-order valence-electron chi connectivity index (χ1n) is 6.91. The fourth-order valence-electron chi connectivity index (χ4n) is 2.29. The summed E-state index contributed by atoms with van der Waals surface area (Å²) in [7, 11) is 0. The van der Waals surface area contributed by atoms with E-state index in [1.807, 2.05) is 44.2 Å².